The first-order valence-electron chi connectivity index (χ1n) is 6.51. The second-order valence-electron chi connectivity index (χ2n) is 4.66. The molecule has 6 nitrogen and oxygen atoms in total. The molecule has 0 aliphatic carbocycles. The summed E-state index contributed by atoms with van der Waals surface area (Å²) in [6.07, 6.45) is 2.81. The molecule has 0 fully saturated rings. The Morgan fingerprint density at radius 3 is 2.78 bits per heavy atom. The van der Waals surface area contributed by atoms with Crippen molar-refractivity contribution in [2.45, 2.75) is 6.54 Å². The molecule has 118 valence electrons. The third-order valence-electron chi connectivity index (χ3n) is 3.06. The summed E-state index contributed by atoms with van der Waals surface area (Å²) in [5, 5.41) is 13.2. The Labute approximate surface area is 140 Å². The van der Waals surface area contributed by atoms with Crippen LogP contribution in [-0.4, -0.2) is 25.9 Å². The molecule has 0 saturated heterocycles. The highest BCUT2D eigenvalue weighted by Gasteiger charge is 2.16. The Morgan fingerprint density at radius 2 is 2.09 bits per heavy atom. The summed E-state index contributed by atoms with van der Waals surface area (Å²) in [6.45, 7) is 0.188. The second-order valence-corrected chi connectivity index (χ2v) is 5.48. The lowest BCUT2D eigenvalue weighted by atomic mass is 10.2. The number of amides is 1. The van der Waals surface area contributed by atoms with Gasteiger partial charge in [-0.05, 0) is 6.07 Å². The fourth-order valence-corrected chi connectivity index (χ4v) is 2.34. The number of aromatic nitrogens is 4. The summed E-state index contributed by atoms with van der Waals surface area (Å²) >= 11 is 11.9. The Bertz CT molecular complexity index is 860. The van der Waals surface area contributed by atoms with E-state index in [1.165, 1.54) is 23.1 Å². The fourth-order valence-electron chi connectivity index (χ4n) is 1.96. The number of nitrogens with zero attached hydrogens (tertiary/aromatic N) is 3. The van der Waals surface area contributed by atoms with Gasteiger partial charge in [-0.15, -0.1) is 0 Å². The van der Waals surface area contributed by atoms with Crippen molar-refractivity contribution >= 4 is 34.9 Å². The van der Waals surface area contributed by atoms with Crippen LogP contribution in [0.4, 0.5) is 10.2 Å². The first kappa shape index (κ1) is 15.5. The lowest BCUT2D eigenvalue weighted by molar-refractivity contribution is 0.102. The van der Waals surface area contributed by atoms with Crippen LogP contribution < -0.4 is 5.32 Å². The first-order valence-corrected chi connectivity index (χ1v) is 7.27. The molecule has 0 atom stereocenters. The van der Waals surface area contributed by atoms with Crippen molar-refractivity contribution in [2.75, 3.05) is 5.32 Å². The van der Waals surface area contributed by atoms with Gasteiger partial charge in [-0.2, -0.15) is 10.2 Å². The predicted molar refractivity (Wildman–Crippen MR) is 84.3 cm³/mol. The molecular formula is C14H10Cl2FN5O. The molecule has 1 aromatic carbocycles. The van der Waals surface area contributed by atoms with Gasteiger partial charge in [0, 0.05) is 11.8 Å². The number of carbonyl (C=O) groups is 1. The average molecular weight is 354 g/mol. The quantitative estimate of drug-likeness (QED) is 0.755. The van der Waals surface area contributed by atoms with Crippen LogP contribution in [-0.2, 0) is 6.54 Å². The van der Waals surface area contributed by atoms with Gasteiger partial charge in [0.2, 0.25) is 0 Å². The molecule has 3 rings (SSSR count). The average Bonchev–Trinajstić information content (AvgIpc) is 3.08. The molecule has 3 aromatic rings. The predicted octanol–water partition coefficient (Wildman–Crippen LogP) is 3.35. The Kier molecular flexibility index (Phi) is 4.31. The van der Waals surface area contributed by atoms with E-state index in [1.54, 1.807) is 18.2 Å². The van der Waals surface area contributed by atoms with E-state index in [-0.39, 0.29) is 33.9 Å². The molecule has 0 saturated carbocycles. The van der Waals surface area contributed by atoms with Gasteiger partial charge in [0.1, 0.15) is 16.5 Å². The number of hydrogen-bond donors (Lipinski definition) is 2. The van der Waals surface area contributed by atoms with E-state index in [4.69, 9.17) is 23.2 Å². The highest BCUT2D eigenvalue weighted by atomic mass is 35.5. The van der Waals surface area contributed by atoms with E-state index in [0.29, 0.717) is 5.56 Å². The van der Waals surface area contributed by atoms with E-state index < -0.39 is 5.91 Å². The van der Waals surface area contributed by atoms with Gasteiger partial charge in [-0.1, -0.05) is 41.4 Å². The van der Waals surface area contributed by atoms with Crippen LogP contribution in [0.2, 0.25) is 10.0 Å². The summed E-state index contributed by atoms with van der Waals surface area (Å²) in [5.41, 5.74) is 0.563. The van der Waals surface area contributed by atoms with Crippen molar-refractivity contribution in [3.63, 3.8) is 0 Å². The smallest absolute Gasteiger partial charge is 0.276 e. The zero-order valence-electron chi connectivity index (χ0n) is 11.6. The van der Waals surface area contributed by atoms with Crippen LogP contribution in [0, 0.1) is 5.82 Å². The van der Waals surface area contributed by atoms with Crippen LogP contribution in [0.5, 0.6) is 0 Å². The molecule has 0 aliphatic heterocycles. The third kappa shape index (κ3) is 3.35. The van der Waals surface area contributed by atoms with E-state index in [1.807, 2.05) is 0 Å². The van der Waals surface area contributed by atoms with Crippen LogP contribution in [0.3, 0.4) is 0 Å². The molecule has 23 heavy (non-hydrogen) atoms. The van der Waals surface area contributed by atoms with E-state index in [2.05, 4.69) is 20.6 Å². The summed E-state index contributed by atoms with van der Waals surface area (Å²) in [4.78, 5) is 12.0. The van der Waals surface area contributed by atoms with Crippen molar-refractivity contribution < 1.29 is 9.18 Å². The van der Waals surface area contributed by atoms with Crippen molar-refractivity contribution in [3.05, 3.63) is 63.8 Å². The van der Waals surface area contributed by atoms with Gasteiger partial charge in [0.15, 0.2) is 5.82 Å². The minimum absolute atomic E-state index is 0.103. The summed E-state index contributed by atoms with van der Waals surface area (Å²) in [7, 11) is 0. The monoisotopic (exact) mass is 353 g/mol. The summed E-state index contributed by atoms with van der Waals surface area (Å²) in [5.74, 6) is -0.710. The number of hydrogen-bond acceptors (Lipinski definition) is 3. The molecule has 0 spiro atoms. The molecule has 1 amide bonds. The molecule has 2 N–H and O–H groups in total. The normalized spacial score (nSPS) is 10.7. The van der Waals surface area contributed by atoms with Crippen LogP contribution in [0.25, 0.3) is 0 Å². The first-order chi connectivity index (χ1) is 11.0. The van der Waals surface area contributed by atoms with Crippen molar-refractivity contribution in [1.29, 1.82) is 0 Å². The number of halogens is 3. The van der Waals surface area contributed by atoms with Gasteiger partial charge < -0.3 is 5.32 Å². The number of nitrogens with one attached hydrogen (secondary N) is 2. The molecule has 0 unspecified atom stereocenters. The SMILES string of the molecule is O=C(Nc1nn(Cc2ccccc2F)cc1Cl)c1[nH]ncc1Cl. The van der Waals surface area contributed by atoms with E-state index >= 15 is 0 Å². The maximum Gasteiger partial charge on any atom is 0.276 e. The van der Waals surface area contributed by atoms with Crippen LogP contribution in [0.15, 0.2) is 36.7 Å². The second kappa shape index (κ2) is 6.39. The Morgan fingerprint density at radius 1 is 1.30 bits per heavy atom. The number of H-pyrrole nitrogens is 1. The van der Waals surface area contributed by atoms with Gasteiger partial charge in [0.05, 0.1) is 17.8 Å². The van der Waals surface area contributed by atoms with Gasteiger partial charge in [0.25, 0.3) is 5.91 Å². The van der Waals surface area contributed by atoms with Gasteiger partial charge in [-0.25, -0.2) is 4.39 Å². The number of aromatic amines is 1. The Hall–Kier alpha value is -2.38. The molecule has 9 heteroatoms. The standard InChI is InChI=1S/C14H10Cl2FN5O/c15-9-5-18-20-12(9)14(23)19-13-10(16)7-22(21-13)6-8-3-1-2-4-11(8)17/h1-5,7H,6H2,(H,18,20)(H,19,21,23). The van der Waals surface area contributed by atoms with E-state index in [0.717, 1.165) is 0 Å². The van der Waals surface area contributed by atoms with Gasteiger partial charge in [-0.3, -0.25) is 14.6 Å². The summed E-state index contributed by atoms with van der Waals surface area (Å²) < 4.78 is 15.1. The maximum atomic E-state index is 13.7. The Balaban J connectivity index is 1.78. The molecule has 0 bridgehead atoms. The highest BCUT2D eigenvalue weighted by Crippen LogP contribution is 2.22. The lowest BCUT2D eigenvalue weighted by Gasteiger charge is -2.03. The minimum Gasteiger partial charge on any atom is -0.302 e. The number of carbonyl (C=O) groups excluding carboxylic acids is 1. The highest BCUT2D eigenvalue weighted by molar-refractivity contribution is 6.35. The van der Waals surface area contributed by atoms with Crippen molar-refractivity contribution in [1.82, 2.24) is 20.0 Å². The van der Waals surface area contributed by atoms with E-state index in [9.17, 15) is 9.18 Å². The van der Waals surface area contributed by atoms with Crippen molar-refractivity contribution in [2.24, 2.45) is 0 Å². The van der Waals surface area contributed by atoms with Crippen LogP contribution >= 0.6 is 23.2 Å². The molecule has 2 heterocycles. The molecular weight excluding hydrogens is 344 g/mol. The fraction of sp³-hybridized carbons (Fsp3) is 0.0714. The maximum absolute atomic E-state index is 13.7. The molecule has 0 aliphatic rings. The van der Waals surface area contributed by atoms with Crippen molar-refractivity contribution in [3.8, 4) is 0 Å². The van der Waals surface area contributed by atoms with Gasteiger partial charge >= 0.3 is 0 Å². The topological polar surface area (TPSA) is 75.6 Å². The number of anilines is 1. The van der Waals surface area contributed by atoms with Crippen LogP contribution in [0.1, 0.15) is 16.1 Å². The third-order valence-corrected chi connectivity index (χ3v) is 3.62. The largest absolute Gasteiger partial charge is 0.302 e. The zero-order chi connectivity index (χ0) is 16.4. The molecule has 2 aromatic heterocycles. The lowest BCUT2D eigenvalue weighted by Crippen LogP contribution is -2.14. The number of benzene rings is 1. The minimum atomic E-state index is -0.523. The summed E-state index contributed by atoms with van der Waals surface area (Å²) in [6, 6.07) is 6.35. The zero-order valence-corrected chi connectivity index (χ0v) is 13.1. The number of rotatable bonds is 4. The molecule has 0 radical (unpaired) electrons.